The first-order valence-electron chi connectivity index (χ1n) is 8.54. The number of nitrogens with zero attached hydrogens (tertiary/aromatic N) is 4. The molecule has 1 amide bonds. The number of aromatic nitrogens is 2. The molecule has 0 spiro atoms. The van der Waals surface area contributed by atoms with Gasteiger partial charge in [0.15, 0.2) is 0 Å². The zero-order chi connectivity index (χ0) is 18.5. The van der Waals surface area contributed by atoms with Gasteiger partial charge in [0.05, 0.1) is 0 Å². The van der Waals surface area contributed by atoms with Crippen LogP contribution in [0.4, 0.5) is 11.8 Å². The van der Waals surface area contributed by atoms with Crippen LogP contribution in [0.25, 0.3) is 0 Å². The predicted octanol–water partition coefficient (Wildman–Crippen LogP) is 3.11. The second-order valence-corrected chi connectivity index (χ2v) is 6.99. The highest BCUT2D eigenvalue weighted by atomic mass is 35.5. The number of carbonyl (C=O) groups excluding carboxylic acids is 1. The van der Waals surface area contributed by atoms with E-state index in [2.05, 4.69) is 20.2 Å². The molecule has 0 bridgehead atoms. The van der Waals surface area contributed by atoms with E-state index in [1.54, 1.807) is 19.2 Å². The minimum absolute atomic E-state index is 0.121. The first-order valence-corrected chi connectivity index (χ1v) is 9.30. The van der Waals surface area contributed by atoms with E-state index >= 15 is 0 Å². The molecule has 0 radical (unpaired) electrons. The molecule has 1 aromatic heterocycles. The van der Waals surface area contributed by atoms with Gasteiger partial charge in [0.2, 0.25) is 11.9 Å². The Morgan fingerprint density at radius 3 is 2.65 bits per heavy atom. The monoisotopic (exact) mass is 393 g/mol. The second-order valence-electron chi connectivity index (χ2n) is 6.14. The average molecular weight is 394 g/mol. The van der Waals surface area contributed by atoms with Crippen LogP contribution in [0.1, 0.15) is 12.5 Å². The van der Waals surface area contributed by atoms with Crippen molar-refractivity contribution in [2.45, 2.75) is 13.3 Å². The van der Waals surface area contributed by atoms with Gasteiger partial charge in [-0.15, -0.1) is 0 Å². The van der Waals surface area contributed by atoms with Crippen LogP contribution in [0.15, 0.2) is 30.5 Å². The van der Waals surface area contributed by atoms with E-state index in [0.717, 1.165) is 44.0 Å². The third-order valence-corrected chi connectivity index (χ3v) is 4.97. The lowest BCUT2D eigenvalue weighted by molar-refractivity contribution is -0.129. The lowest BCUT2D eigenvalue weighted by Gasteiger charge is -2.34. The van der Waals surface area contributed by atoms with Crippen molar-refractivity contribution < 1.29 is 4.79 Å². The molecule has 1 aromatic carbocycles. The molecule has 138 valence electrons. The maximum atomic E-state index is 11.4. The Hall–Kier alpha value is -2.05. The van der Waals surface area contributed by atoms with Crippen LogP contribution in [0.2, 0.25) is 10.0 Å². The number of anilines is 2. The molecule has 1 N–H and O–H groups in total. The summed E-state index contributed by atoms with van der Waals surface area (Å²) < 4.78 is 0. The van der Waals surface area contributed by atoms with Crippen molar-refractivity contribution in [3.63, 3.8) is 0 Å². The average Bonchev–Trinajstić information content (AvgIpc) is 2.64. The molecule has 0 aliphatic carbocycles. The van der Waals surface area contributed by atoms with E-state index < -0.39 is 0 Å². The topological polar surface area (TPSA) is 61.4 Å². The van der Waals surface area contributed by atoms with Crippen LogP contribution in [-0.4, -0.2) is 53.5 Å². The maximum absolute atomic E-state index is 11.4. The van der Waals surface area contributed by atoms with E-state index in [1.165, 1.54) is 0 Å². The molecule has 26 heavy (non-hydrogen) atoms. The zero-order valence-electron chi connectivity index (χ0n) is 14.6. The van der Waals surface area contributed by atoms with Crippen molar-refractivity contribution in [3.05, 3.63) is 46.1 Å². The number of rotatable bonds is 5. The molecule has 2 heterocycles. The molecule has 1 fully saturated rings. The summed E-state index contributed by atoms with van der Waals surface area (Å²) in [5, 5.41) is 4.53. The summed E-state index contributed by atoms with van der Waals surface area (Å²) in [5.74, 6) is 1.58. The number of halogens is 2. The van der Waals surface area contributed by atoms with Gasteiger partial charge in [-0.3, -0.25) is 4.79 Å². The number of hydrogen-bond acceptors (Lipinski definition) is 5. The molecular weight excluding hydrogens is 373 g/mol. The first kappa shape index (κ1) is 18.7. The van der Waals surface area contributed by atoms with E-state index in [1.807, 2.05) is 23.1 Å². The Balaban J connectivity index is 1.55. The summed E-state index contributed by atoms with van der Waals surface area (Å²) in [6, 6.07) is 7.40. The highest BCUT2D eigenvalue weighted by Gasteiger charge is 2.19. The molecule has 3 rings (SSSR count). The minimum Gasteiger partial charge on any atom is -0.354 e. The fourth-order valence-electron chi connectivity index (χ4n) is 2.89. The van der Waals surface area contributed by atoms with Gasteiger partial charge in [0.25, 0.3) is 0 Å². The number of hydrogen-bond donors (Lipinski definition) is 1. The van der Waals surface area contributed by atoms with Gasteiger partial charge < -0.3 is 15.1 Å². The standard InChI is InChI=1S/C18H21Cl2N5O/c1-13(26)24-8-10-25(11-9-24)17-5-7-22-18(23-17)21-6-4-14-2-3-15(19)12-16(14)20/h2-3,5,7,12H,4,6,8-11H2,1H3,(H,21,22,23). The molecule has 8 heteroatoms. The van der Waals surface area contributed by atoms with E-state index in [4.69, 9.17) is 23.2 Å². The molecule has 1 aliphatic rings. The highest BCUT2D eigenvalue weighted by Crippen LogP contribution is 2.21. The van der Waals surface area contributed by atoms with Gasteiger partial charge in [-0.25, -0.2) is 4.98 Å². The predicted molar refractivity (Wildman–Crippen MR) is 105 cm³/mol. The molecule has 0 saturated carbocycles. The SMILES string of the molecule is CC(=O)N1CCN(c2ccnc(NCCc3ccc(Cl)cc3Cl)n2)CC1. The Morgan fingerprint density at radius 1 is 1.19 bits per heavy atom. The van der Waals surface area contributed by atoms with Gasteiger partial charge in [0, 0.05) is 55.9 Å². The maximum Gasteiger partial charge on any atom is 0.224 e. The summed E-state index contributed by atoms with van der Waals surface area (Å²) in [7, 11) is 0. The van der Waals surface area contributed by atoms with E-state index in [9.17, 15) is 4.79 Å². The van der Waals surface area contributed by atoms with Gasteiger partial charge in [-0.2, -0.15) is 4.98 Å². The van der Waals surface area contributed by atoms with Gasteiger partial charge in [0.1, 0.15) is 5.82 Å². The second kappa shape index (κ2) is 8.56. The first-order chi connectivity index (χ1) is 12.5. The highest BCUT2D eigenvalue weighted by molar-refractivity contribution is 6.35. The summed E-state index contributed by atoms with van der Waals surface area (Å²) in [4.78, 5) is 24.3. The van der Waals surface area contributed by atoms with Crippen LogP contribution in [-0.2, 0) is 11.2 Å². The van der Waals surface area contributed by atoms with Crippen LogP contribution in [0.3, 0.4) is 0 Å². The number of benzene rings is 1. The number of carbonyl (C=O) groups is 1. The van der Waals surface area contributed by atoms with Gasteiger partial charge >= 0.3 is 0 Å². The van der Waals surface area contributed by atoms with Crippen molar-refractivity contribution in [1.29, 1.82) is 0 Å². The van der Waals surface area contributed by atoms with E-state index in [-0.39, 0.29) is 5.91 Å². The summed E-state index contributed by atoms with van der Waals surface area (Å²) in [5.41, 5.74) is 1.03. The summed E-state index contributed by atoms with van der Waals surface area (Å²) in [6.07, 6.45) is 2.50. The molecule has 1 aliphatic heterocycles. The van der Waals surface area contributed by atoms with E-state index in [0.29, 0.717) is 22.5 Å². The third kappa shape index (κ3) is 4.77. The lowest BCUT2D eigenvalue weighted by atomic mass is 10.1. The van der Waals surface area contributed by atoms with Gasteiger partial charge in [-0.05, 0) is 30.2 Å². The number of nitrogens with one attached hydrogen (secondary N) is 1. The van der Waals surface area contributed by atoms with Crippen LogP contribution in [0, 0.1) is 0 Å². The van der Waals surface area contributed by atoms with Crippen molar-refractivity contribution in [3.8, 4) is 0 Å². The minimum atomic E-state index is 0.121. The van der Waals surface area contributed by atoms with Crippen LogP contribution >= 0.6 is 23.2 Å². The molecule has 0 unspecified atom stereocenters. The smallest absolute Gasteiger partial charge is 0.224 e. The number of piperazine rings is 1. The van der Waals surface area contributed by atoms with Crippen molar-refractivity contribution in [2.24, 2.45) is 0 Å². The zero-order valence-corrected chi connectivity index (χ0v) is 16.1. The lowest BCUT2D eigenvalue weighted by Crippen LogP contribution is -2.48. The van der Waals surface area contributed by atoms with Crippen molar-refractivity contribution in [2.75, 3.05) is 42.9 Å². The van der Waals surface area contributed by atoms with Crippen molar-refractivity contribution in [1.82, 2.24) is 14.9 Å². The van der Waals surface area contributed by atoms with Gasteiger partial charge in [-0.1, -0.05) is 29.3 Å². The Morgan fingerprint density at radius 2 is 1.96 bits per heavy atom. The molecule has 6 nitrogen and oxygen atoms in total. The summed E-state index contributed by atoms with van der Waals surface area (Å²) in [6.45, 7) is 5.26. The Bertz CT molecular complexity index is 778. The largest absolute Gasteiger partial charge is 0.354 e. The molecule has 0 atom stereocenters. The fourth-order valence-corrected chi connectivity index (χ4v) is 3.40. The molecule has 2 aromatic rings. The van der Waals surface area contributed by atoms with Crippen LogP contribution in [0.5, 0.6) is 0 Å². The molecule has 1 saturated heterocycles. The fraction of sp³-hybridized carbons (Fsp3) is 0.389. The normalized spacial score (nSPS) is 14.4. The quantitative estimate of drug-likeness (QED) is 0.845. The number of amides is 1. The third-order valence-electron chi connectivity index (χ3n) is 4.38. The Kier molecular flexibility index (Phi) is 6.16. The summed E-state index contributed by atoms with van der Waals surface area (Å²) >= 11 is 12.1. The Labute approximate surface area is 163 Å². The van der Waals surface area contributed by atoms with Crippen LogP contribution < -0.4 is 10.2 Å². The van der Waals surface area contributed by atoms with Crippen molar-refractivity contribution >= 4 is 40.9 Å². The molecular formula is C18H21Cl2N5O.